The number of rotatable bonds is 3. The van der Waals surface area contributed by atoms with E-state index in [4.69, 9.17) is 5.26 Å². The van der Waals surface area contributed by atoms with Crippen LogP contribution in [0.5, 0.6) is 0 Å². The number of benzene rings is 2. The van der Waals surface area contributed by atoms with Crippen molar-refractivity contribution in [2.24, 2.45) is 5.92 Å². The molecule has 31 heavy (non-hydrogen) atoms. The van der Waals surface area contributed by atoms with Gasteiger partial charge in [0.25, 0.3) is 5.56 Å². The Kier molecular flexibility index (Phi) is 4.77. The summed E-state index contributed by atoms with van der Waals surface area (Å²) >= 11 is 0. The molecule has 0 radical (unpaired) electrons. The van der Waals surface area contributed by atoms with Crippen LogP contribution in [0.1, 0.15) is 23.6 Å². The Bertz CT molecular complexity index is 1360. The highest BCUT2D eigenvalue weighted by Crippen LogP contribution is 2.37. The molecule has 0 aliphatic carbocycles. The first-order chi connectivity index (χ1) is 15.0. The van der Waals surface area contributed by atoms with E-state index in [-0.39, 0.29) is 17.4 Å². The molecule has 1 aromatic heterocycles. The molecule has 2 aromatic carbocycles. The summed E-state index contributed by atoms with van der Waals surface area (Å²) < 4.78 is 29.6. The van der Waals surface area contributed by atoms with Crippen molar-refractivity contribution in [2.75, 3.05) is 13.1 Å². The minimum Gasteiger partial charge on any atom is -0.311 e. The molecule has 0 saturated carbocycles. The minimum absolute atomic E-state index is 0.0156. The average molecular weight is 432 g/mol. The third-order valence-corrected chi connectivity index (χ3v) is 8.10. The highest BCUT2D eigenvalue weighted by atomic mass is 32.2. The SMILES string of the molecule is N#Cc1cccc(-c2ccc3n(c2=O)C[C@H]2C[C@@H]3CN(S(=O)(=O)c3ccccc3)C2)c1. The van der Waals surface area contributed by atoms with Gasteiger partial charge < -0.3 is 4.57 Å². The number of pyridine rings is 1. The second-order valence-electron chi connectivity index (χ2n) is 8.21. The second-order valence-corrected chi connectivity index (χ2v) is 10.2. The largest absolute Gasteiger partial charge is 0.311 e. The van der Waals surface area contributed by atoms with Gasteiger partial charge >= 0.3 is 0 Å². The Balaban J connectivity index is 1.51. The molecule has 0 amide bonds. The highest BCUT2D eigenvalue weighted by molar-refractivity contribution is 7.89. The quantitative estimate of drug-likeness (QED) is 0.638. The summed E-state index contributed by atoms with van der Waals surface area (Å²) in [6.45, 7) is 1.28. The number of hydrogen-bond donors (Lipinski definition) is 0. The zero-order valence-corrected chi connectivity index (χ0v) is 17.6. The van der Waals surface area contributed by atoms with E-state index < -0.39 is 10.0 Å². The summed E-state index contributed by atoms with van der Waals surface area (Å²) in [5.41, 5.74) is 2.60. The molecule has 2 aliphatic heterocycles. The number of fused-ring (bicyclic) bond motifs is 4. The fourth-order valence-electron chi connectivity index (χ4n) is 4.82. The number of nitrogens with zero attached hydrogens (tertiary/aromatic N) is 3. The predicted octanol–water partition coefficient (Wildman–Crippen LogP) is 3.19. The Labute approximate surface area is 181 Å². The van der Waals surface area contributed by atoms with Gasteiger partial charge in [-0.15, -0.1) is 0 Å². The van der Waals surface area contributed by atoms with Crippen LogP contribution in [-0.4, -0.2) is 30.4 Å². The van der Waals surface area contributed by atoms with E-state index in [9.17, 15) is 13.2 Å². The third kappa shape index (κ3) is 3.38. The number of nitriles is 1. The molecule has 2 aliphatic rings. The van der Waals surface area contributed by atoms with Gasteiger partial charge in [-0.3, -0.25) is 4.79 Å². The molecule has 5 rings (SSSR count). The molecule has 156 valence electrons. The summed E-state index contributed by atoms with van der Waals surface area (Å²) in [5, 5.41) is 9.17. The zero-order valence-electron chi connectivity index (χ0n) is 16.8. The third-order valence-electron chi connectivity index (χ3n) is 6.25. The topological polar surface area (TPSA) is 83.2 Å². The first kappa shape index (κ1) is 19.7. The van der Waals surface area contributed by atoms with E-state index in [2.05, 4.69) is 6.07 Å². The molecule has 2 atom stereocenters. The second kappa shape index (κ2) is 7.49. The number of sulfonamides is 1. The van der Waals surface area contributed by atoms with Crippen molar-refractivity contribution >= 4 is 10.0 Å². The molecular formula is C24H21N3O3S. The zero-order chi connectivity index (χ0) is 21.6. The molecule has 1 fully saturated rings. The number of hydrogen-bond acceptors (Lipinski definition) is 4. The molecule has 7 heteroatoms. The maximum Gasteiger partial charge on any atom is 0.258 e. The molecule has 1 saturated heterocycles. The van der Waals surface area contributed by atoms with Crippen molar-refractivity contribution in [1.29, 1.82) is 5.26 Å². The van der Waals surface area contributed by atoms with Gasteiger partial charge in [0.05, 0.1) is 16.5 Å². The maximum atomic E-state index is 13.3. The average Bonchev–Trinajstić information content (AvgIpc) is 2.80. The first-order valence-corrected chi connectivity index (χ1v) is 11.7. The van der Waals surface area contributed by atoms with Crippen LogP contribution in [0.2, 0.25) is 0 Å². The molecule has 3 heterocycles. The van der Waals surface area contributed by atoms with Crippen LogP contribution in [0.3, 0.4) is 0 Å². The van der Waals surface area contributed by atoms with Crippen LogP contribution in [-0.2, 0) is 16.6 Å². The van der Waals surface area contributed by atoms with Gasteiger partial charge in [-0.05, 0) is 54.3 Å². The predicted molar refractivity (Wildman–Crippen MR) is 117 cm³/mol. The van der Waals surface area contributed by atoms with Gasteiger partial charge in [0, 0.05) is 36.8 Å². The Morgan fingerprint density at radius 1 is 0.935 bits per heavy atom. The van der Waals surface area contributed by atoms with Gasteiger partial charge in [-0.1, -0.05) is 30.3 Å². The van der Waals surface area contributed by atoms with Crippen LogP contribution in [0.4, 0.5) is 0 Å². The standard InChI is InChI=1S/C24H21N3O3S/c25-13-17-5-4-6-19(11-17)22-9-10-23-20-12-18(15-27(23)24(22)28)14-26(16-20)31(29,30)21-7-2-1-3-8-21/h1-11,18,20H,12,14-16H2/t18-,20+/m0/s1. The Hall–Kier alpha value is -3.21. The Morgan fingerprint density at radius 3 is 2.52 bits per heavy atom. The summed E-state index contributed by atoms with van der Waals surface area (Å²) in [6.07, 6.45) is 0.878. The van der Waals surface area contributed by atoms with Crippen LogP contribution >= 0.6 is 0 Å². The van der Waals surface area contributed by atoms with Gasteiger partial charge in [0.15, 0.2) is 0 Å². The summed E-state index contributed by atoms with van der Waals surface area (Å²) in [4.78, 5) is 13.6. The minimum atomic E-state index is -3.56. The molecule has 0 N–H and O–H groups in total. The summed E-state index contributed by atoms with van der Waals surface area (Å²) in [6, 6.07) is 21.4. The van der Waals surface area contributed by atoms with Crippen molar-refractivity contribution < 1.29 is 8.42 Å². The molecule has 6 nitrogen and oxygen atoms in total. The van der Waals surface area contributed by atoms with E-state index >= 15 is 0 Å². The van der Waals surface area contributed by atoms with Crippen molar-refractivity contribution in [3.05, 3.63) is 88.3 Å². The van der Waals surface area contributed by atoms with Crippen molar-refractivity contribution in [3.63, 3.8) is 0 Å². The van der Waals surface area contributed by atoms with Crippen molar-refractivity contribution in [1.82, 2.24) is 8.87 Å². The van der Waals surface area contributed by atoms with Crippen LogP contribution in [0.25, 0.3) is 11.1 Å². The monoisotopic (exact) mass is 431 g/mol. The lowest BCUT2D eigenvalue weighted by molar-refractivity contribution is 0.186. The molecule has 3 aromatic rings. The molecular weight excluding hydrogens is 410 g/mol. The fraction of sp³-hybridized carbons (Fsp3) is 0.250. The van der Waals surface area contributed by atoms with E-state index in [0.29, 0.717) is 35.7 Å². The summed E-state index contributed by atoms with van der Waals surface area (Å²) in [7, 11) is -3.56. The Morgan fingerprint density at radius 2 is 1.74 bits per heavy atom. The van der Waals surface area contributed by atoms with Crippen LogP contribution < -0.4 is 5.56 Å². The lowest BCUT2D eigenvalue weighted by atomic mass is 9.84. The number of piperidine rings is 1. The molecule has 0 spiro atoms. The van der Waals surface area contributed by atoms with Crippen molar-refractivity contribution in [2.45, 2.75) is 23.8 Å². The van der Waals surface area contributed by atoms with E-state index in [1.807, 2.05) is 12.1 Å². The maximum absolute atomic E-state index is 13.3. The van der Waals surface area contributed by atoms with Gasteiger partial charge in [0.2, 0.25) is 10.0 Å². The van der Waals surface area contributed by atoms with Gasteiger partial charge in [-0.25, -0.2) is 8.42 Å². The van der Waals surface area contributed by atoms with Crippen molar-refractivity contribution in [3.8, 4) is 17.2 Å². The van der Waals surface area contributed by atoms with E-state index in [1.165, 1.54) is 0 Å². The lowest BCUT2D eigenvalue weighted by Gasteiger charge is -2.42. The smallest absolute Gasteiger partial charge is 0.258 e. The lowest BCUT2D eigenvalue weighted by Crippen LogP contribution is -2.49. The van der Waals surface area contributed by atoms with Crippen LogP contribution in [0, 0.1) is 17.2 Å². The van der Waals surface area contributed by atoms with Crippen LogP contribution in [0.15, 0.2) is 76.4 Å². The van der Waals surface area contributed by atoms with Gasteiger partial charge in [-0.2, -0.15) is 9.57 Å². The summed E-state index contributed by atoms with van der Waals surface area (Å²) in [5.74, 6) is 0.0707. The van der Waals surface area contributed by atoms with E-state index in [1.54, 1.807) is 63.5 Å². The normalized spacial score (nSPS) is 20.6. The molecule has 2 bridgehead atoms. The first-order valence-electron chi connectivity index (χ1n) is 10.3. The van der Waals surface area contributed by atoms with Gasteiger partial charge in [0.1, 0.15) is 0 Å². The molecule has 0 unspecified atom stereocenters. The number of aromatic nitrogens is 1. The fourth-order valence-corrected chi connectivity index (χ4v) is 6.40. The van der Waals surface area contributed by atoms with E-state index in [0.717, 1.165) is 17.7 Å². The highest BCUT2D eigenvalue weighted by Gasteiger charge is 2.39.